The van der Waals surface area contributed by atoms with E-state index in [1.165, 1.54) is 15.8 Å². The van der Waals surface area contributed by atoms with Crippen molar-refractivity contribution in [3.8, 4) is 6.07 Å². The number of halogens is 6. The maximum atomic E-state index is 12.7. The molecule has 176 valence electrons. The molecule has 1 aromatic heterocycles. The van der Waals surface area contributed by atoms with Gasteiger partial charge in [0.15, 0.2) is 5.82 Å². The van der Waals surface area contributed by atoms with Gasteiger partial charge in [-0.15, -0.1) is 0 Å². The Bertz CT molecular complexity index is 926. The van der Waals surface area contributed by atoms with Crippen molar-refractivity contribution in [2.45, 2.75) is 43.6 Å². The number of anilines is 1. The first kappa shape index (κ1) is 23.8. The number of nitrogens with two attached hydrogens (primary N) is 1. The fourth-order valence-corrected chi connectivity index (χ4v) is 3.96. The lowest BCUT2D eigenvalue weighted by molar-refractivity contribution is -0.153. The summed E-state index contributed by atoms with van der Waals surface area (Å²) < 4.78 is 77.4. The third-order valence-electron chi connectivity index (χ3n) is 5.85. The first-order valence-corrected chi connectivity index (χ1v) is 9.69. The Kier molecular flexibility index (Phi) is 6.16. The first-order chi connectivity index (χ1) is 14.8. The molecule has 2 heterocycles. The Hall–Kier alpha value is -2.82. The van der Waals surface area contributed by atoms with E-state index in [-0.39, 0.29) is 50.2 Å². The number of aromatic nitrogens is 2. The molecule has 1 saturated heterocycles. The van der Waals surface area contributed by atoms with Crippen molar-refractivity contribution >= 4 is 17.6 Å². The van der Waals surface area contributed by atoms with Crippen LogP contribution in [-0.4, -0.2) is 58.5 Å². The smallest absolute Gasteiger partial charge is 0.365 e. The number of hydrogen-bond donors (Lipinski definition) is 2. The van der Waals surface area contributed by atoms with Crippen molar-refractivity contribution in [1.82, 2.24) is 14.7 Å². The van der Waals surface area contributed by atoms with Crippen LogP contribution < -0.4 is 11.1 Å². The number of piperidine rings is 1. The molecule has 1 aliphatic heterocycles. The summed E-state index contributed by atoms with van der Waals surface area (Å²) >= 11 is 0. The highest BCUT2D eigenvalue weighted by atomic mass is 19.4. The number of carbonyl (C=O) groups is 2. The van der Waals surface area contributed by atoms with Crippen LogP contribution in [0.2, 0.25) is 0 Å². The van der Waals surface area contributed by atoms with Crippen molar-refractivity contribution in [3.05, 3.63) is 11.8 Å². The number of nitrogens with one attached hydrogen (secondary N) is 1. The second kappa shape index (κ2) is 8.27. The normalized spacial score (nSPS) is 23.4. The van der Waals surface area contributed by atoms with Crippen LogP contribution in [0.25, 0.3) is 0 Å². The Balaban J connectivity index is 1.80. The highest BCUT2D eigenvalue weighted by molar-refractivity contribution is 6.02. The van der Waals surface area contributed by atoms with E-state index in [1.807, 2.05) is 6.07 Å². The number of nitriles is 1. The predicted octanol–water partition coefficient (Wildman–Crippen LogP) is 2.39. The molecule has 8 nitrogen and oxygen atoms in total. The summed E-state index contributed by atoms with van der Waals surface area (Å²) in [5.41, 5.74) is 3.98. The second-order valence-corrected chi connectivity index (χ2v) is 8.13. The molecule has 0 aromatic carbocycles. The van der Waals surface area contributed by atoms with Crippen molar-refractivity contribution in [3.63, 3.8) is 0 Å². The van der Waals surface area contributed by atoms with E-state index >= 15 is 0 Å². The molecular weight excluding hydrogens is 446 g/mol. The molecule has 1 aliphatic carbocycles. The average molecular weight is 466 g/mol. The van der Waals surface area contributed by atoms with E-state index in [1.54, 1.807) is 0 Å². The summed E-state index contributed by atoms with van der Waals surface area (Å²) in [6.45, 7) is -1.10. The molecule has 2 amide bonds. The summed E-state index contributed by atoms with van der Waals surface area (Å²) in [4.78, 5) is 25.2. The molecule has 0 bridgehead atoms. The zero-order chi connectivity index (χ0) is 23.9. The summed E-state index contributed by atoms with van der Waals surface area (Å²) in [5.74, 6) is -5.39. The number of nitrogens with zero attached hydrogens (tertiary/aromatic N) is 4. The van der Waals surface area contributed by atoms with E-state index < -0.39 is 48.1 Å². The molecule has 14 heteroatoms. The zero-order valence-electron chi connectivity index (χ0n) is 16.6. The van der Waals surface area contributed by atoms with Gasteiger partial charge in [0, 0.05) is 19.3 Å². The van der Waals surface area contributed by atoms with E-state index in [0.29, 0.717) is 0 Å². The minimum absolute atomic E-state index is 0.00395. The Morgan fingerprint density at radius 3 is 2.34 bits per heavy atom. The van der Waals surface area contributed by atoms with Crippen LogP contribution >= 0.6 is 0 Å². The number of amides is 2. The Morgan fingerprint density at radius 2 is 1.88 bits per heavy atom. The van der Waals surface area contributed by atoms with Crippen LogP contribution in [0.3, 0.4) is 0 Å². The van der Waals surface area contributed by atoms with E-state index in [0.717, 1.165) is 0 Å². The lowest BCUT2D eigenvalue weighted by Crippen LogP contribution is -2.48. The highest BCUT2D eigenvalue weighted by Gasteiger charge is 2.59. The summed E-state index contributed by atoms with van der Waals surface area (Å²) in [6, 6.07) is 1.96. The Morgan fingerprint density at radius 1 is 1.25 bits per heavy atom. The molecule has 3 N–H and O–H groups in total. The summed E-state index contributed by atoms with van der Waals surface area (Å²) in [5, 5.41) is 15.6. The fourth-order valence-electron chi connectivity index (χ4n) is 3.96. The first-order valence-electron chi connectivity index (χ1n) is 9.69. The summed E-state index contributed by atoms with van der Waals surface area (Å²) in [7, 11) is 0. The number of likely N-dealkylation sites (tertiary alicyclic amines) is 1. The second-order valence-electron chi connectivity index (χ2n) is 8.13. The number of rotatable bonds is 6. The topological polar surface area (TPSA) is 117 Å². The molecule has 0 unspecified atom stereocenters. The number of carbonyl (C=O) groups excluding carboxylic acids is 2. The van der Waals surface area contributed by atoms with Gasteiger partial charge in [-0.1, -0.05) is 0 Å². The SMILES string of the molecule is N#CCC1(n2cc(C(N)=O)c(NC(=O)[C@@H]3C[C@H]3C(F)(F)F)n2)CCN(CC(F)(F)F)CC1. The van der Waals surface area contributed by atoms with Gasteiger partial charge in [-0.3, -0.25) is 19.2 Å². The van der Waals surface area contributed by atoms with Gasteiger partial charge in [0.05, 0.1) is 36.4 Å². The van der Waals surface area contributed by atoms with Crippen LogP contribution in [0.15, 0.2) is 6.20 Å². The van der Waals surface area contributed by atoms with E-state index in [4.69, 9.17) is 5.73 Å². The largest absolute Gasteiger partial charge is 0.401 e. The van der Waals surface area contributed by atoms with Gasteiger partial charge >= 0.3 is 12.4 Å². The van der Waals surface area contributed by atoms with Crippen LogP contribution in [-0.2, 0) is 10.3 Å². The minimum atomic E-state index is -4.52. The van der Waals surface area contributed by atoms with Crippen molar-refractivity contribution in [2.24, 2.45) is 17.6 Å². The number of alkyl halides is 6. The van der Waals surface area contributed by atoms with Gasteiger partial charge in [0.25, 0.3) is 5.91 Å². The highest BCUT2D eigenvalue weighted by Crippen LogP contribution is 2.50. The molecule has 2 fully saturated rings. The van der Waals surface area contributed by atoms with Gasteiger partial charge < -0.3 is 11.1 Å². The third kappa shape index (κ3) is 5.14. The van der Waals surface area contributed by atoms with Gasteiger partial charge in [-0.2, -0.15) is 36.7 Å². The quantitative estimate of drug-likeness (QED) is 0.625. The average Bonchev–Trinajstić information content (AvgIpc) is 3.37. The standard InChI is InChI=1S/C18H20F6N6O2/c19-17(20,21)9-29-5-2-16(1-4-25,3-6-29)30-8-11(13(26)31)14(28-30)27-15(32)10-7-12(10)18(22,23)24/h8,10,12H,1-3,5-7,9H2,(H2,26,31)(H,27,28,32)/t10-,12-/m1/s1. The summed E-state index contributed by atoms with van der Waals surface area (Å²) in [6.07, 6.45) is -8.05. The maximum absolute atomic E-state index is 12.7. The van der Waals surface area contributed by atoms with Crippen LogP contribution in [0.1, 0.15) is 36.0 Å². The lowest BCUT2D eigenvalue weighted by atomic mass is 9.85. The van der Waals surface area contributed by atoms with Gasteiger partial charge in [-0.05, 0) is 19.3 Å². The van der Waals surface area contributed by atoms with Crippen molar-refractivity contribution in [2.75, 3.05) is 25.0 Å². The van der Waals surface area contributed by atoms with Crippen LogP contribution in [0, 0.1) is 23.2 Å². The van der Waals surface area contributed by atoms with E-state index in [2.05, 4.69) is 10.4 Å². The monoisotopic (exact) mass is 466 g/mol. The van der Waals surface area contributed by atoms with Gasteiger partial charge in [0.1, 0.15) is 5.56 Å². The fraction of sp³-hybridized carbons (Fsp3) is 0.667. The van der Waals surface area contributed by atoms with Crippen molar-refractivity contribution < 1.29 is 35.9 Å². The molecule has 2 atom stereocenters. The molecule has 0 radical (unpaired) electrons. The molecule has 1 saturated carbocycles. The van der Waals surface area contributed by atoms with E-state index in [9.17, 15) is 41.2 Å². The molecular formula is C18H20F6N6O2. The molecule has 1 aromatic rings. The molecule has 3 rings (SSSR count). The van der Waals surface area contributed by atoms with Gasteiger partial charge in [0.2, 0.25) is 5.91 Å². The maximum Gasteiger partial charge on any atom is 0.401 e. The molecule has 32 heavy (non-hydrogen) atoms. The third-order valence-corrected chi connectivity index (χ3v) is 5.85. The van der Waals surface area contributed by atoms with Crippen LogP contribution in [0.5, 0.6) is 0 Å². The predicted molar refractivity (Wildman–Crippen MR) is 97.0 cm³/mol. The minimum Gasteiger partial charge on any atom is -0.365 e. The number of primary amides is 1. The van der Waals surface area contributed by atoms with Crippen LogP contribution in [0.4, 0.5) is 32.2 Å². The molecule has 2 aliphatic rings. The number of hydrogen-bond acceptors (Lipinski definition) is 5. The Labute approximate surface area is 178 Å². The van der Waals surface area contributed by atoms with Gasteiger partial charge in [-0.25, -0.2) is 0 Å². The lowest BCUT2D eigenvalue weighted by Gasteiger charge is -2.40. The zero-order valence-corrected chi connectivity index (χ0v) is 16.6. The van der Waals surface area contributed by atoms with Crippen molar-refractivity contribution in [1.29, 1.82) is 5.26 Å². The molecule has 0 spiro atoms.